The fraction of sp³-hybridized carbons (Fsp3) is 0.636. The van der Waals surface area contributed by atoms with Crippen molar-refractivity contribution >= 4 is 23.7 Å². The summed E-state index contributed by atoms with van der Waals surface area (Å²) in [6, 6.07) is 10.1. The van der Waals surface area contributed by atoms with Gasteiger partial charge in [0.1, 0.15) is 17.6 Å². The van der Waals surface area contributed by atoms with Gasteiger partial charge in [-0.05, 0) is 30.2 Å². The van der Waals surface area contributed by atoms with Crippen molar-refractivity contribution in [3.63, 3.8) is 0 Å². The van der Waals surface area contributed by atoms with Crippen LogP contribution in [-0.2, 0) is 19.1 Å². The maximum absolute atomic E-state index is 12.9. The Kier molecular flexibility index (Phi) is 5.21. The molecule has 0 aromatic heterocycles. The lowest BCUT2D eigenvalue weighted by Crippen LogP contribution is -2.55. The standard InChI is InChI=1S/C22H28O5S/c1-12-9-15-10-16(14-7-5-4-6-8-14)19-22(15,25)17(21(24)27-19)18(12)28-11-13(2)20(23)26-3/h4-8,12-13,15-19,25H,9-11H2,1-3H3/t12-,13-,15-,16-,17?,18+,19+,22-/m0/s1. The Morgan fingerprint density at radius 3 is 2.75 bits per heavy atom. The molecular weight excluding hydrogens is 376 g/mol. The van der Waals surface area contributed by atoms with Crippen LogP contribution in [0.5, 0.6) is 0 Å². The van der Waals surface area contributed by atoms with Gasteiger partial charge in [-0.3, -0.25) is 9.59 Å². The van der Waals surface area contributed by atoms with E-state index in [0.29, 0.717) is 5.75 Å². The van der Waals surface area contributed by atoms with Crippen molar-refractivity contribution in [3.8, 4) is 0 Å². The normalized spacial score (nSPS) is 39.9. The number of carbonyl (C=O) groups is 2. The minimum atomic E-state index is -1.11. The van der Waals surface area contributed by atoms with Crippen LogP contribution < -0.4 is 0 Å². The van der Waals surface area contributed by atoms with Gasteiger partial charge < -0.3 is 14.6 Å². The summed E-state index contributed by atoms with van der Waals surface area (Å²) in [6.45, 7) is 3.98. The van der Waals surface area contributed by atoms with Gasteiger partial charge in [0.05, 0.1) is 13.0 Å². The lowest BCUT2D eigenvalue weighted by atomic mass is 9.66. The van der Waals surface area contributed by atoms with Crippen LogP contribution in [0.1, 0.15) is 38.2 Å². The highest BCUT2D eigenvalue weighted by atomic mass is 32.2. The van der Waals surface area contributed by atoms with Crippen molar-refractivity contribution in [2.45, 2.75) is 49.6 Å². The second-order valence-corrected chi connectivity index (χ2v) is 9.82. The van der Waals surface area contributed by atoms with Gasteiger partial charge in [0.15, 0.2) is 0 Å². The van der Waals surface area contributed by atoms with E-state index in [4.69, 9.17) is 9.47 Å². The van der Waals surface area contributed by atoms with Crippen LogP contribution in [-0.4, -0.2) is 46.9 Å². The smallest absolute Gasteiger partial charge is 0.313 e. The maximum Gasteiger partial charge on any atom is 0.313 e. The molecule has 1 N–H and O–H groups in total. The third-order valence-electron chi connectivity index (χ3n) is 6.92. The number of aliphatic hydroxyl groups is 1. The molecule has 28 heavy (non-hydrogen) atoms. The maximum atomic E-state index is 12.9. The molecule has 4 rings (SSSR count). The van der Waals surface area contributed by atoms with E-state index in [9.17, 15) is 14.7 Å². The van der Waals surface area contributed by atoms with Crippen molar-refractivity contribution < 1.29 is 24.2 Å². The monoisotopic (exact) mass is 404 g/mol. The summed E-state index contributed by atoms with van der Waals surface area (Å²) in [5, 5.41) is 11.7. The largest absolute Gasteiger partial charge is 0.469 e. The predicted octanol–water partition coefficient (Wildman–Crippen LogP) is 3.01. The molecule has 0 amide bonds. The van der Waals surface area contributed by atoms with E-state index in [0.717, 1.165) is 18.4 Å². The Morgan fingerprint density at radius 1 is 1.36 bits per heavy atom. The predicted molar refractivity (Wildman–Crippen MR) is 107 cm³/mol. The van der Waals surface area contributed by atoms with E-state index < -0.39 is 17.6 Å². The number of ether oxygens (including phenoxy) is 2. The molecule has 1 heterocycles. The number of rotatable bonds is 5. The van der Waals surface area contributed by atoms with Crippen LogP contribution in [0.15, 0.2) is 30.3 Å². The van der Waals surface area contributed by atoms with Crippen LogP contribution in [0.4, 0.5) is 0 Å². The van der Waals surface area contributed by atoms with E-state index in [1.54, 1.807) is 11.8 Å². The summed E-state index contributed by atoms with van der Waals surface area (Å²) >= 11 is 1.60. The molecule has 3 fully saturated rings. The molecule has 8 atom stereocenters. The Labute approximate surface area is 170 Å². The Morgan fingerprint density at radius 2 is 2.07 bits per heavy atom. The van der Waals surface area contributed by atoms with E-state index in [-0.39, 0.29) is 40.9 Å². The first kappa shape index (κ1) is 19.8. The number of esters is 2. The minimum Gasteiger partial charge on any atom is -0.469 e. The molecule has 5 nitrogen and oxygen atoms in total. The molecule has 6 heteroatoms. The molecule has 2 aliphatic carbocycles. The van der Waals surface area contributed by atoms with E-state index in [1.807, 2.05) is 25.1 Å². The van der Waals surface area contributed by atoms with E-state index in [2.05, 4.69) is 19.1 Å². The van der Waals surface area contributed by atoms with E-state index >= 15 is 0 Å². The fourth-order valence-electron chi connectivity index (χ4n) is 5.56. The van der Waals surface area contributed by atoms with Crippen molar-refractivity contribution in [2.75, 3.05) is 12.9 Å². The van der Waals surface area contributed by atoms with E-state index in [1.165, 1.54) is 7.11 Å². The zero-order valence-corrected chi connectivity index (χ0v) is 17.4. The van der Waals surface area contributed by atoms with Crippen molar-refractivity contribution in [1.82, 2.24) is 0 Å². The molecule has 1 aliphatic heterocycles. The molecule has 1 unspecified atom stereocenters. The minimum absolute atomic E-state index is 0.0371. The highest BCUT2D eigenvalue weighted by Crippen LogP contribution is 2.61. The number of methoxy groups -OCH3 is 1. The van der Waals surface area contributed by atoms with Crippen LogP contribution in [0.2, 0.25) is 0 Å². The first-order valence-corrected chi connectivity index (χ1v) is 11.1. The molecular formula is C22H28O5S. The van der Waals surface area contributed by atoms with Crippen molar-refractivity contribution in [3.05, 3.63) is 35.9 Å². The van der Waals surface area contributed by atoms with Gasteiger partial charge in [0.2, 0.25) is 0 Å². The van der Waals surface area contributed by atoms with Gasteiger partial charge in [0, 0.05) is 16.9 Å². The van der Waals surface area contributed by atoms with Gasteiger partial charge in [0.25, 0.3) is 0 Å². The third-order valence-corrected chi connectivity index (χ3v) is 8.74. The molecule has 0 spiro atoms. The number of thioether (sulfide) groups is 1. The van der Waals surface area contributed by atoms with Gasteiger partial charge in [-0.1, -0.05) is 44.2 Å². The van der Waals surface area contributed by atoms with Crippen LogP contribution >= 0.6 is 11.8 Å². The van der Waals surface area contributed by atoms with Gasteiger partial charge >= 0.3 is 11.9 Å². The average Bonchev–Trinajstić information content (AvgIpc) is 3.12. The number of hydrogen-bond donors (Lipinski definition) is 1. The van der Waals surface area contributed by atoms with Crippen LogP contribution in [0, 0.1) is 23.7 Å². The first-order valence-electron chi connectivity index (χ1n) is 10.0. The summed E-state index contributed by atoms with van der Waals surface area (Å²) in [6.07, 6.45) is 1.23. The second kappa shape index (κ2) is 7.38. The summed E-state index contributed by atoms with van der Waals surface area (Å²) in [5.74, 6) is -0.375. The Bertz CT molecular complexity index is 753. The highest BCUT2D eigenvalue weighted by molar-refractivity contribution is 8.00. The zero-order valence-electron chi connectivity index (χ0n) is 16.5. The number of benzene rings is 1. The third kappa shape index (κ3) is 2.96. The summed E-state index contributed by atoms with van der Waals surface area (Å²) < 4.78 is 10.6. The topological polar surface area (TPSA) is 72.8 Å². The molecule has 1 aromatic carbocycles. The summed E-state index contributed by atoms with van der Waals surface area (Å²) in [4.78, 5) is 24.6. The zero-order chi connectivity index (χ0) is 20.1. The van der Waals surface area contributed by atoms with Gasteiger partial charge in [-0.2, -0.15) is 11.8 Å². The van der Waals surface area contributed by atoms with Gasteiger partial charge in [-0.15, -0.1) is 0 Å². The lowest BCUT2D eigenvalue weighted by molar-refractivity contribution is -0.145. The SMILES string of the molecule is COC(=O)[C@@H](C)CS[C@H]1C2C(=O)O[C@@H]3[C@H](c4ccccc4)C[C@H](C[C@@H]1C)[C@]23O. The Balaban J connectivity index is 1.59. The molecule has 0 radical (unpaired) electrons. The average molecular weight is 405 g/mol. The summed E-state index contributed by atoms with van der Waals surface area (Å²) in [7, 11) is 1.39. The molecule has 3 aliphatic rings. The number of hydrogen-bond acceptors (Lipinski definition) is 6. The molecule has 0 bridgehead atoms. The molecule has 152 valence electrons. The summed E-state index contributed by atoms with van der Waals surface area (Å²) in [5.41, 5.74) is 0.0101. The molecule has 1 saturated heterocycles. The first-order chi connectivity index (χ1) is 13.4. The van der Waals surface area contributed by atoms with Crippen LogP contribution in [0.25, 0.3) is 0 Å². The molecule has 2 saturated carbocycles. The van der Waals surface area contributed by atoms with Crippen LogP contribution in [0.3, 0.4) is 0 Å². The highest BCUT2D eigenvalue weighted by Gasteiger charge is 2.71. The lowest BCUT2D eigenvalue weighted by Gasteiger charge is -2.44. The fourth-order valence-corrected chi connectivity index (χ4v) is 7.17. The Hall–Kier alpha value is -1.53. The second-order valence-electron chi connectivity index (χ2n) is 8.61. The number of carbonyl (C=O) groups excluding carboxylic acids is 2. The van der Waals surface area contributed by atoms with Crippen molar-refractivity contribution in [1.29, 1.82) is 0 Å². The van der Waals surface area contributed by atoms with Gasteiger partial charge in [-0.25, -0.2) is 0 Å². The quantitative estimate of drug-likeness (QED) is 0.761. The molecule has 1 aromatic rings. The van der Waals surface area contributed by atoms with Crippen molar-refractivity contribution in [2.24, 2.45) is 23.7 Å².